The zero-order valence-corrected chi connectivity index (χ0v) is 36.1. The minimum atomic E-state index is -2.18. The van der Waals surface area contributed by atoms with E-state index >= 15 is 0 Å². The molecule has 1 aromatic rings. The number of carbonyl (C=O) groups excluding carboxylic acids is 7. The number of aliphatic hydroxyl groups excluding tert-OH is 1. The van der Waals surface area contributed by atoms with Crippen molar-refractivity contribution in [2.75, 3.05) is 6.54 Å². The van der Waals surface area contributed by atoms with Crippen molar-refractivity contribution in [1.29, 1.82) is 0 Å². The van der Waals surface area contributed by atoms with Gasteiger partial charge in [-0.05, 0) is 50.0 Å². The molecular weight excluding hydrogens is 848 g/mol. The largest absolute Gasteiger partial charge is 0.481 e. The lowest BCUT2D eigenvalue weighted by atomic mass is 9.97. The van der Waals surface area contributed by atoms with Crippen LogP contribution in [0.2, 0.25) is 0 Å². The van der Waals surface area contributed by atoms with Crippen LogP contribution in [0.5, 0.6) is 0 Å². The molecule has 7 amide bonds. The zero-order valence-electron chi connectivity index (χ0n) is 36.1. The molecule has 8 atom stereocenters. The molecule has 0 fully saturated rings. The van der Waals surface area contributed by atoms with Crippen LogP contribution in [-0.2, 0) is 59.2 Å². The van der Waals surface area contributed by atoms with Crippen molar-refractivity contribution in [3.05, 3.63) is 35.9 Å². The smallest absolute Gasteiger partial charge is 0.322 e. The van der Waals surface area contributed by atoms with Gasteiger partial charge in [-0.2, -0.15) is 0 Å². The molecule has 0 aliphatic heterocycles. The first-order valence-corrected chi connectivity index (χ1v) is 20.3. The van der Waals surface area contributed by atoms with Crippen molar-refractivity contribution in [1.82, 2.24) is 37.2 Å². The van der Waals surface area contributed by atoms with E-state index in [-0.39, 0.29) is 25.2 Å². The molecule has 0 bridgehead atoms. The van der Waals surface area contributed by atoms with Gasteiger partial charge in [0.15, 0.2) is 6.10 Å². The van der Waals surface area contributed by atoms with Crippen LogP contribution in [0.1, 0.15) is 78.7 Å². The number of rotatable bonds is 29. The average Bonchev–Trinajstić information content (AvgIpc) is 3.20. The second-order valence-electron chi connectivity index (χ2n) is 15.7. The quantitative estimate of drug-likeness (QED) is 0.0380. The highest BCUT2D eigenvalue weighted by Gasteiger charge is 2.36. The Morgan fingerprint density at radius 3 is 1.64 bits per heavy atom. The highest BCUT2D eigenvalue weighted by Crippen LogP contribution is 2.13. The molecule has 0 saturated heterocycles. The summed E-state index contributed by atoms with van der Waals surface area (Å²) in [6.07, 6.45) is -5.14. The fourth-order valence-corrected chi connectivity index (χ4v) is 5.89. The number of nitrogens with two attached hydrogens (primary N) is 1. The van der Waals surface area contributed by atoms with E-state index in [0.717, 1.165) is 6.92 Å². The Morgan fingerprint density at radius 1 is 0.562 bits per heavy atom. The van der Waals surface area contributed by atoms with E-state index in [0.29, 0.717) is 5.56 Å². The Morgan fingerprint density at radius 2 is 1.11 bits per heavy atom. The number of hydrogen-bond acceptors (Lipinski definition) is 13. The molecule has 1 rings (SSSR count). The second kappa shape index (κ2) is 27.4. The van der Waals surface area contributed by atoms with Gasteiger partial charge in [0.25, 0.3) is 5.91 Å². The highest BCUT2D eigenvalue weighted by molar-refractivity contribution is 5.97. The number of carboxylic acid groups (broad SMARTS) is 4. The average molecular weight is 909 g/mol. The maximum Gasteiger partial charge on any atom is 0.322 e. The van der Waals surface area contributed by atoms with Gasteiger partial charge in [-0.15, -0.1) is 0 Å². The van der Waals surface area contributed by atoms with E-state index < -0.39 is 152 Å². The minimum Gasteiger partial charge on any atom is -0.481 e. The van der Waals surface area contributed by atoms with Crippen LogP contribution in [0.25, 0.3) is 0 Å². The fourth-order valence-electron chi connectivity index (χ4n) is 5.89. The molecule has 1 aromatic carbocycles. The van der Waals surface area contributed by atoms with E-state index in [9.17, 15) is 63.0 Å². The molecule has 356 valence electrons. The zero-order chi connectivity index (χ0) is 48.8. The molecule has 0 radical (unpaired) electrons. The summed E-state index contributed by atoms with van der Waals surface area (Å²) in [6, 6.07) is -2.16. The van der Waals surface area contributed by atoms with Crippen LogP contribution >= 0.6 is 0 Å². The summed E-state index contributed by atoms with van der Waals surface area (Å²) in [5.41, 5.74) is 6.33. The summed E-state index contributed by atoms with van der Waals surface area (Å²) in [6.45, 7) is 6.96. The van der Waals surface area contributed by atoms with Gasteiger partial charge in [0, 0.05) is 12.8 Å². The first kappa shape index (κ1) is 55.3. The van der Waals surface area contributed by atoms with E-state index in [1.54, 1.807) is 58.0 Å². The van der Waals surface area contributed by atoms with Gasteiger partial charge >= 0.3 is 23.9 Å². The van der Waals surface area contributed by atoms with Gasteiger partial charge in [-0.3, -0.25) is 52.7 Å². The monoisotopic (exact) mass is 908 g/mol. The SMILES string of the molecule is CC(C)C[C@H](NC(=O)[C@@H](NC(=O)[C@@H](N)CCC(=O)O)C(C)C)C(=O)N[C@@H](Cc1ccccc1)[C@@H](O)C(=O)N[C@@H](CC(=O)O)C(=O)N[C@@H](C)C(=O)N[C@@H](CCC(=O)O)C(=O)NCC(=O)O. The number of nitrogens with one attached hydrogen (secondary N) is 7. The van der Waals surface area contributed by atoms with Crippen LogP contribution in [0.15, 0.2) is 30.3 Å². The third-order valence-electron chi connectivity index (χ3n) is 9.33. The number of carboxylic acids is 4. The second-order valence-corrected chi connectivity index (χ2v) is 15.7. The molecule has 0 spiro atoms. The molecule has 14 N–H and O–H groups in total. The normalized spacial score (nSPS) is 14.8. The van der Waals surface area contributed by atoms with E-state index in [1.165, 1.54) is 0 Å². The van der Waals surface area contributed by atoms with Crippen LogP contribution in [0.3, 0.4) is 0 Å². The Bertz CT molecular complexity index is 1830. The van der Waals surface area contributed by atoms with Gasteiger partial charge < -0.3 is 68.5 Å². The summed E-state index contributed by atoms with van der Waals surface area (Å²) >= 11 is 0. The standard InChI is InChI=1S/C40H60N8O16/c1-19(2)15-26(46-39(63)32(20(3)4)48-35(59)23(41)11-13-28(49)50)38(62)45-25(16-22-9-7-6-8-10-22)33(57)40(64)47-27(17-30(53)54)37(61)43-21(5)34(58)44-24(12-14-29(51)52)36(60)42-18-31(55)56/h6-10,19-21,23-27,32-33,57H,11-18,41H2,1-5H3,(H,42,60)(H,43,61)(H,44,58)(H,45,62)(H,46,63)(H,47,64)(H,48,59)(H,49,50)(H,51,52)(H,53,54)(H,55,56)/t21-,23-,24-,25-,26-,27-,32-,33+/m0/s1. The molecule has 0 aliphatic rings. The number of carbonyl (C=O) groups is 11. The van der Waals surface area contributed by atoms with Crippen molar-refractivity contribution in [2.24, 2.45) is 17.6 Å². The van der Waals surface area contributed by atoms with Crippen molar-refractivity contribution in [2.45, 2.75) is 128 Å². The van der Waals surface area contributed by atoms with Crippen LogP contribution in [0.4, 0.5) is 0 Å². The Hall–Kier alpha value is -6.69. The highest BCUT2D eigenvalue weighted by atomic mass is 16.4. The molecule has 0 heterocycles. The molecule has 0 unspecified atom stereocenters. The summed E-state index contributed by atoms with van der Waals surface area (Å²) in [7, 11) is 0. The summed E-state index contributed by atoms with van der Waals surface area (Å²) in [5.74, 6) is -13.5. The minimum absolute atomic E-state index is 0.0226. The van der Waals surface area contributed by atoms with Crippen LogP contribution in [0, 0.1) is 11.8 Å². The molecule has 0 saturated carbocycles. The Balaban J connectivity index is 3.34. The number of aliphatic carboxylic acids is 4. The molecule has 0 aromatic heterocycles. The molecule has 64 heavy (non-hydrogen) atoms. The summed E-state index contributed by atoms with van der Waals surface area (Å²) < 4.78 is 0. The number of benzene rings is 1. The van der Waals surface area contributed by atoms with E-state index in [2.05, 4.69) is 31.9 Å². The lowest BCUT2D eigenvalue weighted by Gasteiger charge is -2.30. The maximum atomic E-state index is 13.9. The molecule has 24 nitrogen and oxygen atoms in total. The topological polar surface area (TPSA) is 399 Å². The molecular formula is C40H60N8O16. The van der Waals surface area contributed by atoms with Crippen LogP contribution in [-0.4, -0.2) is 146 Å². The van der Waals surface area contributed by atoms with Crippen molar-refractivity contribution < 1.29 is 78.3 Å². The number of amides is 7. The Kier molecular flexibility index (Phi) is 23.7. The first-order chi connectivity index (χ1) is 29.8. The molecule has 24 heteroatoms. The van der Waals surface area contributed by atoms with Crippen molar-refractivity contribution >= 4 is 65.2 Å². The van der Waals surface area contributed by atoms with Gasteiger partial charge in [-0.1, -0.05) is 58.0 Å². The fraction of sp³-hybridized carbons (Fsp3) is 0.575. The molecule has 0 aliphatic carbocycles. The van der Waals surface area contributed by atoms with E-state index in [1.807, 2.05) is 5.32 Å². The van der Waals surface area contributed by atoms with E-state index in [4.69, 9.17) is 21.1 Å². The summed E-state index contributed by atoms with van der Waals surface area (Å²) in [5, 5.41) is 63.9. The van der Waals surface area contributed by atoms with Crippen molar-refractivity contribution in [3.8, 4) is 0 Å². The van der Waals surface area contributed by atoms with Crippen LogP contribution < -0.4 is 43.0 Å². The van der Waals surface area contributed by atoms with Gasteiger partial charge in [0.1, 0.15) is 36.8 Å². The summed E-state index contributed by atoms with van der Waals surface area (Å²) in [4.78, 5) is 137. The van der Waals surface area contributed by atoms with Gasteiger partial charge in [-0.25, -0.2) is 0 Å². The van der Waals surface area contributed by atoms with Gasteiger partial charge in [0.05, 0.1) is 18.5 Å². The Labute approximate surface area is 368 Å². The lowest BCUT2D eigenvalue weighted by Crippen LogP contribution is -2.61. The predicted octanol–water partition coefficient (Wildman–Crippen LogP) is -3.05. The predicted molar refractivity (Wildman–Crippen MR) is 222 cm³/mol. The first-order valence-electron chi connectivity index (χ1n) is 20.3. The number of aliphatic hydroxyl groups is 1. The lowest BCUT2D eigenvalue weighted by molar-refractivity contribution is -0.142. The number of hydrogen-bond donors (Lipinski definition) is 13. The van der Waals surface area contributed by atoms with Crippen molar-refractivity contribution in [3.63, 3.8) is 0 Å². The third kappa shape index (κ3) is 20.9. The maximum absolute atomic E-state index is 13.9. The third-order valence-corrected chi connectivity index (χ3v) is 9.33. The van der Waals surface area contributed by atoms with Gasteiger partial charge in [0.2, 0.25) is 35.4 Å².